The number of thiocarbonyl (C=S) groups is 1. The molecule has 7 nitrogen and oxygen atoms in total. The van der Waals surface area contributed by atoms with Crippen LogP contribution >= 0.6 is 12.2 Å². The summed E-state index contributed by atoms with van der Waals surface area (Å²) >= 11 is 5.21. The van der Waals surface area contributed by atoms with Crippen LogP contribution in [0.4, 0.5) is 5.69 Å². The van der Waals surface area contributed by atoms with E-state index in [0.29, 0.717) is 17.2 Å². The summed E-state index contributed by atoms with van der Waals surface area (Å²) in [7, 11) is 1.61. The standard InChI is InChI=1S/C16H16N4O3S/c1-19(16(24)17-11-12-5-3-2-4-6-12)18-15(21)13-7-9-14(10-8-13)20(22)23/h2-10H,11H2,1H3,(H,17,24)(H,18,21). The van der Waals surface area contributed by atoms with Crippen molar-refractivity contribution in [2.45, 2.75) is 6.54 Å². The SMILES string of the molecule is CN(NC(=O)c1ccc([N+](=O)[O-])cc1)C(=S)NCc1ccccc1. The Morgan fingerprint density at radius 1 is 1.17 bits per heavy atom. The largest absolute Gasteiger partial charge is 0.357 e. The van der Waals surface area contributed by atoms with E-state index in [9.17, 15) is 14.9 Å². The van der Waals surface area contributed by atoms with Gasteiger partial charge in [0.05, 0.1) is 4.92 Å². The molecule has 0 spiro atoms. The fraction of sp³-hybridized carbons (Fsp3) is 0.125. The van der Waals surface area contributed by atoms with Crippen LogP contribution in [0.2, 0.25) is 0 Å². The van der Waals surface area contributed by atoms with Crippen LogP contribution in [0.25, 0.3) is 0 Å². The van der Waals surface area contributed by atoms with Crippen molar-refractivity contribution in [3.05, 3.63) is 75.8 Å². The molecule has 0 unspecified atom stereocenters. The Kier molecular flexibility index (Phi) is 5.80. The van der Waals surface area contributed by atoms with Crippen molar-refractivity contribution in [2.24, 2.45) is 0 Å². The van der Waals surface area contributed by atoms with Gasteiger partial charge in [0, 0.05) is 31.3 Å². The highest BCUT2D eigenvalue weighted by Gasteiger charge is 2.12. The molecule has 0 aliphatic rings. The molecule has 0 aliphatic heterocycles. The summed E-state index contributed by atoms with van der Waals surface area (Å²) in [6, 6.07) is 15.1. The molecule has 2 N–H and O–H groups in total. The van der Waals surface area contributed by atoms with Gasteiger partial charge in [-0.2, -0.15) is 0 Å². The lowest BCUT2D eigenvalue weighted by Crippen LogP contribution is -2.47. The highest BCUT2D eigenvalue weighted by molar-refractivity contribution is 7.80. The highest BCUT2D eigenvalue weighted by atomic mass is 32.1. The van der Waals surface area contributed by atoms with Crippen LogP contribution in [-0.2, 0) is 6.54 Å². The Morgan fingerprint density at radius 3 is 2.38 bits per heavy atom. The number of amides is 1. The number of hydrogen-bond acceptors (Lipinski definition) is 4. The van der Waals surface area contributed by atoms with E-state index in [2.05, 4.69) is 10.7 Å². The third-order valence-corrected chi connectivity index (χ3v) is 3.62. The molecule has 0 fully saturated rings. The molecule has 2 rings (SSSR count). The second kappa shape index (κ2) is 8.02. The monoisotopic (exact) mass is 344 g/mol. The fourth-order valence-corrected chi connectivity index (χ4v) is 2.01. The van der Waals surface area contributed by atoms with Crippen molar-refractivity contribution in [3.8, 4) is 0 Å². The number of nitrogens with one attached hydrogen (secondary N) is 2. The number of rotatable bonds is 4. The zero-order valence-electron chi connectivity index (χ0n) is 12.9. The maximum absolute atomic E-state index is 12.1. The summed E-state index contributed by atoms with van der Waals surface area (Å²) in [4.78, 5) is 22.2. The van der Waals surface area contributed by atoms with Crippen LogP contribution < -0.4 is 10.7 Å². The van der Waals surface area contributed by atoms with E-state index in [-0.39, 0.29) is 5.69 Å². The minimum atomic E-state index is -0.517. The van der Waals surface area contributed by atoms with Gasteiger partial charge in [-0.3, -0.25) is 25.3 Å². The maximum atomic E-state index is 12.1. The van der Waals surface area contributed by atoms with Gasteiger partial charge >= 0.3 is 0 Å². The first-order valence-electron chi connectivity index (χ1n) is 7.08. The third-order valence-electron chi connectivity index (χ3n) is 3.20. The predicted octanol–water partition coefficient (Wildman–Crippen LogP) is 2.25. The number of nitrogens with zero attached hydrogens (tertiary/aromatic N) is 2. The normalized spacial score (nSPS) is 9.88. The Hall–Kier alpha value is -3.00. The summed E-state index contributed by atoms with van der Waals surface area (Å²) in [5.74, 6) is -0.406. The minimum absolute atomic E-state index is 0.0695. The van der Waals surface area contributed by atoms with E-state index in [4.69, 9.17) is 12.2 Å². The predicted molar refractivity (Wildman–Crippen MR) is 94.2 cm³/mol. The number of nitro groups is 1. The van der Waals surface area contributed by atoms with Crippen LogP contribution in [0.3, 0.4) is 0 Å². The second-order valence-electron chi connectivity index (χ2n) is 4.95. The average molecular weight is 344 g/mol. The number of hydrazine groups is 1. The smallest absolute Gasteiger partial charge is 0.269 e. The van der Waals surface area contributed by atoms with E-state index in [1.54, 1.807) is 7.05 Å². The van der Waals surface area contributed by atoms with Gasteiger partial charge in [0.25, 0.3) is 11.6 Å². The van der Waals surface area contributed by atoms with Gasteiger partial charge in [-0.25, -0.2) is 0 Å². The molecule has 0 bridgehead atoms. The highest BCUT2D eigenvalue weighted by Crippen LogP contribution is 2.11. The van der Waals surface area contributed by atoms with Crippen molar-refractivity contribution in [1.82, 2.24) is 15.8 Å². The molecule has 0 aliphatic carbocycles. The van der Waals surface area contributed by atoms with E-state index >= 15 is 0 Å². The van der Waals surface area contributed by atoms with Gasteiger partial charge in [-0.15, -0.1) is 0 Å². The number of hydrogen-bond donors (Lipinski definition) is 2. The zero-order valence-corrected chi connectivity index (χ0v) is 13.7. The lowest BCUT2D eigenvalue weighted by atomic mass is 10.2. The van der Waals surface area contributed by atoms with Crippen LogP contribution in [0.5, 0.6) is 0 Å². The van der Waals surface area contributed by atoms with Gasteiger partial charge in [0.1, 0.15) is 0 Å². The Morgan fingerprint density at radius 2 is 1.79 bits per heavy atom. The minimum Gasteiger partial charge on any atom is -0.357 e. The number of nitro benzene ring substituents is 1. The van der Waals surface area contributed by atoms with Gasteiger partial charge in [-0.05, 0) is 29.9 Å². The van der Waals surface area contributed by atoms with Gasteiger partial charge in [-0.1, -0.05) is 30.3 Å². The first-order chi connectivity index (χ1) is 11.5. The van der Waals surface area contributed by atoms with Crippen molar-refractivity contribution in [3.63, 3.8) is 0 Å². The molecule has 0 saturated heterocycles. The summed E-state index contributed by atoms with van der Waals surface area (Å²) in [6.07, 6.45) is 0. The lowest BCUT2D eigenvalue weighted by Gasteiger charge is -2.21. The molecule has 124 valence electrons. The molecular weight excluding hydrogens is 328 g/mol. The summed E-state index contributed by atoms with van der Waals surface area (Å²) in [5, 5.41) is 15.4. The maximum Gasteiger partial charge on any atom is 0.269 e. The van der Waals surface area contributed by atoms with E-state index in [0.717, 1.165) is 5.56 Å². The molecule has 2 aromatic rings. The van der Waals surface area contributed by atoms with Crippen molar-refractivity contribution >= 4 is 28.9 Å². The molecule has 0 atom stereocenters. The van der Waals surface area contributed by atoms with Crippen LogP contribution in [0.15, 0.2) is 54.6 Å². The quantitative estimate of drug-likeness (QED) is 0.502. The fourth-order valence-electron chi connectivity index (χ4n) is 1.89. The third kappa shape index (κ3) is 4.75. The molecule has 0 radical (unpaired) electrons. The number of non-ortho nitro benzene ring substituents is 1. The molecule has 24 heavy (non-hydrogen) atoms. The summed E-state index contributed by atoms with van der Waals surface area (Å²) < 4.78 is 0. The Balaban J connectivity index is 1.88. The van der Waals surface area contributed by atoms with Gasteiger partial charge < -0.3 is 5.32 Å². The topological polar surface area (TPSA) is 87.5 Å². The number of carbonyl (C=O) groups is 1. The molecule has 0 heterocycles. The van der Waals surface area contributed by atoms with Crippen LogP contribution in [0.1, 0.15) is 15.9 Å². The summed E-state index contributed by atoms with van der Waals surface area (Å²) in [5.41, 5.74) is 3.90. The summed E-state index contributed by atoms with van der Waals surface area (Å²) in [6.45, 7) is 0.539. The Bertz CT molecular complexity index is 735. The average Bonchev–Trinajstić information content (AvgIpc) is 2.60. The molecule has 8 heteroatoms. The van der Waals surface area contributed by atoms with E-state index < -0.39 is 10.8 Å². The molecular formula is C16H16N4O3S. The van der Waals surface area contributed by atoms with Crippen LogP contribution in [-0.4, -0.2) is 28.0 Å². The van der Waals surface area contributed by atoms with Gasteiger partial charge in [0.2, 0.25) is 0 Å². The second-order valence-corrected chi connectivity index (χ2v) is 5.33. The van der Waals surface area contributed by atoms with Crippen LogP contribution in [0, 0.1) is 10.1 Å². The number of benzene rings is 2. The Labute approximate surface area is 144 Å². The van der Waals surface area contributed by atoms with Crippen molar-refractivity contribution in [1.29, 1.82) is 0 Å². The molecule has 2 aromatic carbocycles. The van der Waals surface area contributed by atoms with Crippen molar-refractivity contribution in [2.75, 3.05) is 7.05 Å². The van der Waals surface area contributed by atoms with E-state index in [1.807, 2.05) is 30.3 Å². The number of carbonyl (C=O) groups excluding carboxylic acids is 1. The molecule has 0 aromatic heterocycles. The zero-order chi connectivity index (χ0) is 17.5. The van der Waals surface area contributed by atoms with Gasteiger partial charge in [0.15, 0.2) is 5.11 Å². The first-order valence-corrected chi connectivity index (χ1v) is 7.49. The van der Waals surface area contributed by atoms with E-state index in [1.165, 1.54) is 29.3 Å². The van der Waals surface area contributed by atoms with Crippen molar-refractivity contribution < 1.29 is 9.72 Å². The first kappa shape index (κ1) is 17.4. The molecule has 1 amide bonds. The lowest BCUT2D eigenvalue weighted by molar-refractivity contribution is -0.384. The molecule has 0 saturated carbocycles.